The number of aromatic nitrogens is 4. The standard InChI is InChI=1S/C14H16N6S/c1-3-15-14-19-12-11(16-8-17-12)13(20-14)18-9-4-6-10(21-2)7-5-9/h4-8H,3H2,1-2H3,(H3,15,16,17,18,19,20). The van der Waals surface area contributed by atoms with Crippen molar-refractivity contribution in [1.29, 1.82) is 0 Å². The second kappa shape index (κ2) is 6.01. The molecule has 0 amide bonds. The number of fused-ring (bicyclic) bond motifs is 1. The van der Waals surface area contributed by atoms with Crippen LogP contribution >= 0.6 is 11.8 Å². The molecule has 0 unspecified atom stereocenters. The summed E-state index contributed by atoms with van der Waals surface area (Å²) in [5.74, 6) is 1.28. The highest BCUT2D eigenvalue weighted by molar-refractivity contribution is 7.98. The zero-order valence-electron chi connectivity index (χ0n) is 11.8. The predicted molar refractivity (Wildman–Crippen MR) is 87.4 cm³/mol. The minimum atomic E-state index is 0.570. The van der Waals surface area contributed by atoms with Crippen LogP contribution in [0.1, 0.15) is 6.92 Å². The Balaban J connectivity index is 1.95. The predicted octanol–water partition coefficient (Wildman–Crippen LogP) is 3.25. The number of thioether (sulfide) groups is 1. The van der Waals surface area contributed by atoms with Crippen molar-refractivity contribution in [2.45, 2.75) is 11.8 Å². The Hall–Kier alpha value is -2.28. The van der Waals surface area contributed by atoms with Crippen molar-refractivity contribution < 1.29 is 0 Å². The highest BCUT2D eigenvalue weighted by Gasteiger charge is 2.09. The molecule has 0 atom stereocenters. The summed E-state index contributed by atoms with van der Waals surface area (Å²) >= 11 is 1.72. The number of H-pyrrole nitrogens is 1. The van der Waals surface area contributed by atoms with E-state index in [0.717, 1.165) is 17.7 Å². The molecule has 6 nitrogen and oxygen atoms in total. The van der Waals surface area contributed by atoms with Gasteiger partial charge in [0.2, 0.25) is 5.95 Å². The number of anilines is 3. The molecule has 0 aliphatic carbocycles. The summed E-state index contributed by atoms with van der Waals surface area (Å²) in [5, 5.41) is 6.43. The van der Waals surface area contributed by atoms with E-state index >= 15 is 0 Å². The van der Waals surface area contributed by atoms with Crippen LogP contribution in [0.15, 0.2) is 35.5 Å². The third kappa shape index (κ3) is 2.92. The van der Waals surface area contributed by atoms with Crippen molar-refractivity contribution in [3.63, 3.8) is 0 Å². The lowest BCUT2D eigenvalue weighted by atomic mass is 10.3. The molecule has 1 aromatic carbocycles. The fourth-order valence-corrected chi connectivity index (χ4v) is 2.38. The van der Waals surface area contributed by atoms with Crippen molar-refractivity contribution in [3.8, 4) is 0 Å². The van der Waals surface area contributed by atoms with Gasteiger partial charge in [0, 0.05) is 17.1 Å². The summed E-state index contributed by atoms with van der Waals surface area (Å²) in [4.78, 5) is 17.3. The fourth-order valence-electron chi connectivity index (χ4n) is 1.97. The molecule has 7 heteroatoms. The Morgan fingerprint density at radius 1 is 1.19 bits per heavy atom. The van der Waals surface area contributed by atoms with Crippen molar-refractivity contribution in [2.24, 2.45) is 0 Å². The van der Waals surface area contributed by atoms with Gasteiger partial charge >= 0.3 is 0 Å². The third-order valence-electron chi connectivity index (χ3n) is 2.97. The van der Waals surface area contributed by atoms with Gasteiger partial charge in [0.1, 0.15) is 5.52 Å². The van der Waals surface area contributed by atoms with E-state index in [1.54, 1.807) is 18.1 Å². The first kappa shape index (κ1) is 13.7. The number of nitrogens with zero attached hydrogens (tertiary/aromatic N) is 3. The molecule has 108 valence electrons. The lowest BCUT2D eigenvalue weighted by Gasteiger charge is -2.09. The van der Waals surface area contributed by atoms with Crippen LogP contribution in [0.25, 0.3) is 11.2 Å². The summed E-state index contributed by atoms with van der Waals surface area (Å²) in [7, 11) is 0. The van der Waals surface area contributed by atoms with E-state index in [0.29, 0.717) is 17.4 Å². The van der Waals surface area contributed by atoms with Gasteiger partial charge in [0.25, 0.3) is 0 Å². The molecule has 0 fully saturated rings. The topological polar surface area (TPSA) is 78.5 Å². The van der Waals surface area contributed by atoms with Gasteiger partial charge < -0.3 is 15.6 Å². The summed E-state index contributed by atoms with van der Waals surface area (Å²) < 4.78 is 0. The summed E-state index contributed by atoms with van der Waals surface area (Å²) in [6.45, 7) is 2.77. The van der Waals surface area contributed by atoms with E-state index in [9.17, 15) is 0 Å². The molecule has 3 aromatic rings. The van der Waals surface area contributed by atoms with Gasteiger partial charge in [0.05, 0.1) is 6.33 Å². The number of aromatic amines is 1. The average molecular weight is 300 g/mol. The van der Waals surface area contributed by atoms with Crippen LogP contribution in [0.2, 0.25) is 0 Å². The van der Waals surface area contributed by atoms with Crippen LogP contribution in [-0.2, 0) is 0 Å². The number of benzene rings is 1. The molecule has 0 bridgehead atoms. The number of nitrogens with one attached hydrogen (secondary N) is 3. The van der Waals surface area contributed by atoms with Gasteiger partial charge in [-0.1, -0.05) is 0 Å². The molecule has 3 rings (SSSR count). The molecule has 2 heterocycles. The Morgan fingerprint density at radius 2 is 2.00 bits per heavy atom. The van der Waals surface area contributed by atoms with Crippen molar-refractivity contribution >= 4 is 40.4 Å². The largest absolute Gasteiger partial charge is 0.354 e. The van der Waals surface area contributed by atoms with Gasteiger partial charge in [-0.25, -0.2) is 4.98 Å². The minimum absolute atomic E-state index is 0.570. The van der Waals surface area contributed by atoms with E-state index in [4.69, 9.17) is 0 Å². The Labute approximate surface area is 126 Å². The molecule has 0 radical (unpaired) electrons. The molecule has 0 saturated heterocycles. The van der Waals surface area contributed by atoms with Gasteiger partial charge in [-0.15, -0.1) is 11.8 Å². The van der Waals surface area contributed by atoms with Crippen LogP contribution in [-0.4, -0.2) is 32.7 Å². The maximum atomic E-state index is 4.49. The second-order valence-corrected chi connectivity index (χ2v) is 5.26. The second-order valence-electron chi connectivity index (χ2n) is 4.38. The highest BCUT2D eigenvalue weighted by atomic mass is 32.2. The number of hydrogen-bond donors (Lipinski definition) is 3. The number of rotatable bonds is 5. The van der Waals surface area contributed by atoms with Crippen molar-refractivity contribution in [1.82, 2.24) is 19.9 Å². The van der Waals surface area contributed by atoms with Crippen LogP contribution in [0.3, 0.4) is 0 Å². The molecule has 0 saturated carbocycles. The lowest BCUT2D eigenvalue weighted by molar-refractivity contribution is 1.10. The molecule has 0 aliphatic rings. The van der Waals surface area contributed by atoms with E-state index < -0.39 is 0 Å². The maximum Gasteiger partial charge on any atom is 0.226 e. The molecule has 0 aliphatic heterocycles. The Bertz CT molecular complexity index is 737. The molecular weight excluding hydrogens is 284 g/mol. The monoisotopic (exact) mass is 300 g/mol. The fraction of sp³-hybridized carbons (Fsp3) is 0.214. The Kier molecular flexibility index (Phi) is 3.92. The van der Waals surface area contributed by atoms with Crippen molar-refractivity contribution in [3.05, 3.63) is 30.6 Å². The first-order valence-corrected chi connectivity index (χ1v) is 7.88. The van der Waals surface area contributed by atoms with Crippen LogP contribution < -0.4 is 10.6 Å². The summed E-state index contributed by atoms with van der Waals surface area (Å²) in [6.07, 6.45) is 3.68. The number of hydrogen-bond acceptors (Lipinski definition) is 6. The third-order valence-corrected chi connectivity index (χ3v) is 3.72. The molecule has 2 aromatic heterocycles. The first-order chi connectivity index (χ1) is 10.3. The minimum Gasteiger partial charge on any atom is -0.354 e. The SMILES string of the molecule is CCNc1nc(Nc2ccc(SC)cc2)c2[nH]cnc2n1. The lowest BCUT2D eigenvalue weighted by Crippen LogP contribution is -2.05. The van der Waals surface area contributed by atoms with Gasteiger partial charge in [-0.05, 0) is 37.4 Å². The van der Waals surface area contributed by atoms with Gasteiger partial charge in [-0.2, -0.15) is 9.97 Å². The van der Waals surface area contributed by atoms with Gasteiger partial charge in [-0.3, -0.25) is 0 Å². The smallest absolute Gasteiger partial charge is 0.226 e. The van der Waals surface area contributed by atoms with Crippen LogP contribution in [0.5, 0.6) is 0 Å². The molecule has 3 N–H and O–H groups in total. The number of imidazole rings is 1. The van der Waals surface area contributed by atoms with E-state index in [-0.39, 0.29) is 0 Å². The molecule has 0 spiro atoms. The molecular formula is C14H16N6S. The maximum absolute atomic E-state index is 4.49. The van der Waals surface area contributed by atoms with E-state index in [2.05, 4.69) is 49.0 Å². The quantitative estimate of drug-likeness (QED) is 0.628. The van der Waals surface area contributed by atoms with Crippen LogP contribution in [0, 0.1) is 0 Å². The normalized spacial score (nSPS) is 10.8. The Morgan fingerprint density at radius 3 is 2.71 bits per heavy atom. The zero-order valence-corrected chi connectivity index (χ0v) is 12.7. The van der Waals surface area contributed by atoms with Gasteiger partial charge in [0.15, 0.2) is 11.5 Å². The zero-order chi connectivity index (χ0) is 14.7. The molecule has 21 heavy (non-hydrogen) atoms. The van der Waals surface area contributed by atoms with Crippen LogP contribution in [0.4, 0.5) is 17.5 Å². The highest BCUT2D eigenvalue weighted by Crippen LogP contribution is 2.24. The average Bonchev–Trinajstić information content (AvgIpc) is 2.97. The summed E-state index contributed by atoms with van der Waals surface area (Å²) in [6, 6.07) is 8.21. The summed E-state index contributed by atoms with van der Waals surface area (Å²) in [5.41, 5.74) is 2.42. The van der Waals surface area contributed by atoms with E-state index in [1.165, 1.54) is 4.90 Å². The first-order valence-electron chi connectivity index (χ1n) is 6.66. The van der Waals surface area contributed by atoms with Crippen molar-refractivity contribution in [2.75, 3.05) is 23.4 Å². The van der Waals surface area contributed by atoms with E-state index in [1.807, 2.05) is 19.1 Å².